The van der Waals surface area contributed by atoms with Crippen molar-refractivity contribution >= 4 is 5.91 Å². The van der Waals surface area contributed by atoms with Gasteiger partial charge in [-0.05, 0) is 18.6 Å². The van der Waals surface area contributed by atoms with Gasteiger partial charge < -0.3 is 14.4 Å². The quantitative estimate of drug-likeness (QED) is 0.755. The van der Waals surface area contributed by atoms with Crippen molar-refractivity contribution in [3.05, 3.63) is 48.5 Å². The van der Waals surface area contributed by atoms with Crippen LogP contribution in [0.3, 0.4) is 0 Å². The minimum atomic E-state index is -0.00819. The van der Waals surface area contributed by atoms with Crippen molar-refractivity contribution in [3.63, 3.8) is 0 Å². The SMILES string of the molecule is O=C(CCc1nc(-c2ccccn2)no1)NC1CCc2nccn2C1. The number of amides is 1. The van der Waals surface area contributed by atoms with E-state index in [2.05, 4.69) is 30.0 Å². The maximum Gasteiger partial charge on any atom is 0.227 e. The first-order valence-electron chi connectivity index (χ1n) is 8.31. The van der Waals surface area contributed by atoms with Crippen LogP contribution in [0, 0.1) is 0 Å². The van der Waals surface area contributed by atoms with Crippen molar-refractivity contribution in [2.75, 3.05) is 0 Å². The fourth-order valence-corrected chi connectivity index (χ4v) is 2.96. The summed E-state index contributed by atoms with van der Waals surface area (Å²) in [6, 6.07) is 5.64. The molecule has 3 aromatic heterocycles. The van der Waals surface area contributed by atoms with Gasteiger partial charge in [-0.3, -0.25) is 9.78 Å². The summed E-state index contributed by atoms with van der Waals surface area (Å²) in [6.45, 7) is 0.769. The molecule has 1 amide bonds. The number of pyridine rings is 1. The number of carbonyl (C=O) groups excluding carboxylic acids is 1. The summed E-state index contributed by atoms with van der Waals surface area (Å²) in [5.74, 6) is 1.96. The molecule has 0 aliphatic carbocycles. The highest BCUT2D eigenvalue weighted by atomic mass is 16.5. The molecule has 3 aromatic rings. The monoisotopic (exact) mass is 338 g/mol. The zero-order chi connectivity index (χ0) is 17.1. The van der Waals surface area contributed by atoms with Crippen molar-refractivity contribution in [1.29, 1.82) is 0 Å². The van der Waals surface area contributed by atoms with Crippen LogP contribution in [0.2, 0.25) is 0 Å². The Hall–Kier alpha value is -3.03. The van der Waals surface area contributed by atoms with Crippen LogP contribution in [0.15, 0.2) is 41.3 Å². The highest BCUT2D eigenvalue weighted by molar-refractivity contribution is 5.76. The standard InChI is InChI=1S/C17H18N6O2/c24-15(20-12-4-5-14-19-9-10-23(14)11-12)6-7-16-21-17(22-25-16)13-3-1-2-8-18-13/h1-3,8-10,12H,4-7,11H2,(H,20,24). The molecule has 0 aromatic carbocycles. The Morgan fingerprint density at radius 1 is 1.32 bits per heavy atom. The van der Waals surface area contributed by atoms with E-state index >= 15 is 0 Å². The Bertz CT molecular complexity index is 857. The lowest BCUT2D eigenvalue weighted by Crippen LogP contribution is -2.41. The Labute approximate surface area is 144 Å². The Kier molecular flexibility index (Phi) is 4.24. The first-order chi connectivity index (χ1) is 12.3. The van der Waals surface area contributed by atoms with Gasteiger partial charge in [0, 0.05) is 50.4 Å². The van der Waals surface area contributed by atoms with Gasteiger partial charge in [0.2, 0.25) is 17.6 Å². The molecule has 1 atom stereocenters. The molecule has 0 bridgehead atoms. The molecule has 128 valence electrons. The van der Waals surface area contributed by atoms with Gasteiger partial charge in [0.1, 0.15) is 11.5 Å². The second kappa shape index (κ2) is 6.84. The summed E-state index contributed by atoms with van der Waals surface area (Å²) < 4.78 is 7.29. The summed E-state index contributed by atoms with van der Waals surface area (Å²) in [4.78, 5) is 24.9. The van der Waals surface area contributed by atoms with Crippen LogP contribution in [-0.2, 0) is 24.2 Å². The average Bonchev–Trinajstić information content (AvgIpc) is 3.30. The molecule has 4 heterocycles. The topological polar surface area (TPSA) is 98.7 Å². The third-order valence-corrected chi connectivity index (χ3v) is 4.23. The average molecular weight is 338 g/mol. The lowest BCUT2D eigenvalue weighted by atomic mass is 10.1. The molecule has 1 aliphatic rings. The number of hydrogen-bond donors (Lipinski definition) is 1. The smallest absolute Gasteiger partial charge is 0.227 e. The maximum absolute atomic E-state index is 12.2. The van der Waals surface area contributed by atoms with Crippen molar-refractivity contribution in [2.24, 2.45) is 0 Å². The summed E-state index contributed by atoms with van der Waals surface area (Å²) in [7, 11) is 0. The summed E-state index contributed by atoms with van der Waals surface area (Å²) >= 11 is 0. The number of rotatable bonds is 5. The maximum atomic E-state index is 12.2. The molecular formula is C17H18N6O2. The lowest BCUT2D eigenvalue weighted by Gasteiger charge is -2.24. The largest absolute Gasteiger partial charge is 0.352 e. The minimum absolute atomic E-state index is 0.00819. The molecule has 8 heteroatoms. The van der Waals surface area contributed by atoms with Crippen molar-refractivity contribution in [1.82, 2.24) is 30.0 Å². The Morgan fingerprint density at radius 3 is 3.16 bits per heavy atom. The van der Waals surface area contributed by atoms with E-state index in [1.807, 2.05) is 24.4 Å². The molecule has 0 spiro atoms. The molecule has 1 N–H and O–H groups in total. The molecule has 25 heavy (non-hydrogen) atoms. The summed E-state index contributed by atoms with van der Waals surface area (Å²) in [5, 5.41) is 6.98. The van der Waals surface area contributed by atoms with E-state index in [4.69, 9.17) is 4.52 Å². The molecule has 0 radical (unpaired) electrons. The van der Waals surface area contributed by atoms with Crippen molar-refractivity contribution in [2.45, 2.75) is 38.3 Å². The van der Waals surface area contributed by atoms with Crippen molar-refractivity contribution < 1.29 is 9.32 Å². The van der Waals surface area contributed by atoms with Gasteiger partial charge in [0.15, 0.2) is 0 Å². The van der Waals surface area contributed by atoms with Crippen LogP contribution >= 0.6 is 0 Å². The van der Waals surface area contributed by atoms with Gasteiger partial charge in [0.05, 0.1) is 0 Å². The number of carbonyl (C=O) groups is 1. The molecule has 8 nitrogen and oxygen atoms in total. The number of imidazole rings is 1. The second-order valence-electron chi connectivity index (χ2n) is 6.03. The van der Waals surface area contributed by atoms with Gasteiger partial charge in [-0.25, -0.2) is 4.98 Å². The van der Waals surface area contributed by atoms with E-state index in [0.717, 1.165) is 25.2 Å². The van der Waals surface area contributed by atoms with E-state index in [-0.39, 0.29) is 11.9 Å². The molecule has 1 aliphatic heterocycles. The zero-order valence-corrected chi connectivity index (χ0v) is 13.6. The van der Waals surface area contributed by atoms with Crippen LogP contribution in [0.1, 0.15) is 24.6 Å². The van der Waals surface area contributed by atoms with Crippen molar-refractivity contribution in [3.8, 4) is 11.5 Å². The molecule has 0 fully saturated rings. The van der Waals surface area contributed by atoms with Gasteiger partial charge in [0.25, 0.3) is 0 Å². The summed E-state index contributed by atoms with van der Waals surface area (Å²) in [6.07, 6.45) is 7.95. The van der Waals surface area contributed by atoms with E-state index in [9.17, 15) is 4.79 Å². The normalized spacial score (nSPS) is 16.4. The number of nitrogens with zero attached hydrogens (tertiary/aromatic N) is 5. The fraction of sp³-hybridized carbons (Fsp3) is 0.353. The third-order valence-electron chi connectivity index (χ3n) is 4.23. The van der Waals surface area contributed by atoms with Crippen LogP contribution in [0.25, 0.3) is 11.5 Å². The van der Waals surface area contributed by atoms with Gasteiger partial charge in [-0.2, -0.15) is 4.98 Å². The molecule has 0 saturated heterocycles. The number of fused-ring (bicyclic) bond motifs is 1. The number of nitrogens with one attached hydrogen (secondary N) is 1. The second-order valence-corrected chi connectivity index (χ2v) is 6.03. The van der Waals surface area contributed by atoms with Crippen LogP contribution < -0.4 is 5.32 Å². The third kappa shape index (κ3) is 3.57. The van der Waals surface area contributed by atoms with Gasteiger partial charge >= 0.3 is 0 Å². The fourth-order valence-electron chi connectivity index (χ4n) is 2.96. The molecular weight excluding hydrogens is 320 g/mol. The van der Waals surface area contributed by atoms with Crippen LogP contribution in [0.5, 0.6) is 0 Å². The van der Waals surface area contributed by atoms with Gasteiger partial charge in [-0.1, -0.05) is 11.2 Å². The molecule has 4 rings (SSSR count). The first kappa shape index (κ1) is 15.5. The lowest BCUT2D eigenvalue weighted by molar-refractivity contribution is -0.122. The highest BCUT2D eigenvalue weighted by Gasteiger charge is 2.20. The minimum Gasteiger partial charge on any atom is -0.352 e. The number of aromatic nitrogens is 5. The number of hydrogen-bond acceptors (Lipinski definition) is 6. The zero-order valence-electron chi connectivity index (χ0n) is 13.6. The predicted octanol–water partition coefficient (Wildman–Crippen LogP) is 1.39. The summed E-state index contributed by atoms with van der Waals surface area (Å²) in [5.41, 5.74) is 0.653. The predicted molar refractivity (Wildman–Crippen MR) is 88.3 cm³/mol. The van der Waals surface area contributed by atoms with Gasteiger partial charge in [-0.15, -0.1) is 0 Å². The Balaban J connectivity index is 1.29. The highest BCUT2D eigenvalue weighted by Crippen LogP contribution is 2.14. The van der Waals surface area contributed by atoms with Crippen LogP contribution in [0.4, 0.5) is 0 Å². The molecule has 0 saturated carbocycles. The van der Waals surface area contributed by atoms with E-state index in [1.54, 1.807) is 12.4 Å². The van der Waals surface area contributed by atoms with Crippen LogP contribution in [-0.4, -0.2) is 36.6 Å². The molecule has 1 unspecified atom stereocenters. The Morgan fingerprint density at radius 2 is 2.28 bits per heavy atom. The van der Waals surface area contributed by atoms with E-state index in [0.29, 0.717) is 30.3 Å². The van der Waals surface area contributed by atoms with E-state index < -0.39 is 0 Å². The first-order valence-corrected chi connectivity index (χ1v) is 8.31. The van der Waals surface area contributed by atoms with E-state index in [1.165, 1.54) is 0 Å². The number of aryl methyl sites for hydroxylation is 2.